The molecule has 0 aliphatic rings. The molecule has 140 valence electrons. The molecule has 9 heteroatoms. The number of hydrogen-bond acceptors (Lipinski definition) is 5. The number of primary amides is 1. The molecule has 0 radical (unpaired) electrons. The van der Waals surface area contributed by atoms with Crippen molar-refractivity contribution in [3.8, 4) is 5.75 Å². The van der Waals surface area contributed by atoms with Gasteiger partial charge in [0.25, 0.3) is 0 Å². The largest absolute Gasteiger partial charge is 0.508 e. The van der Waals surface area contributed by atoms with Gasteiger partial charge in [0.2, 0.25) is 5.91 Å². The number of carbonyl (C=O) groups excluding carboxylic acids is 2. The lowest BCUT2D eigenvalue weighted by Crippen LogP contribution is -2.33. The molecule has 0 saturated carbocycles. The van der Waals surface area contributed by atoms with E-state index in [4.69, 9.17) is 10.2 Å². The molecule has 0 fully saturated rings. The second kappa shape index (κ2) is 8.09. The van der Waals surface area contributed by atoms with Crippen LogP contribution in [0.3, 0.4) is 0 Å². The summed E-state index contributed by atoms with van der Waals surface area (Å²) in [5, 5.41) is 16.1. The second-order valence-corrected chi connectivity index (χ2v) is 5.92. The topological polar surface area (TPSA) is 127 Å². The Kier molecular flexibility index (Phi) is 5.41. The summed E-state index contributed by atoms with van der Waals surface area (Å²) in [7, 11) is 0. The quantitative estimate of drug-likeness (QED) is 0.586. The van der Waals surface area contributed by atoms with Gasteiger partial charge in [-0.15, -0.1) is 0 Å². The smallest absolute Gasteiger partial charge is 0.322 e. The first-order chi connectivity index (χ1) is 13.0. The minimum absolute atomic E-state index is 0.0700. The van der Waals surface area contributed by atoms with E-state index in [1.807, 2.05) is 0 Å². The molecule has 1 aromatic carbocycles. The van der Waals surface area contributed by atoms with E-state index in [0.717, 1.165) is 5.56 Å². The summed E-state index contributed by atoms with van der Waals surface area (Å²) in [4.78, 5) is 25.2. The molecule has 27 heavy (non-hydrogen) atoms. The molecule has 9 nitrogen and oxygen atoms in total. The van der Waals surface area contributed by atoms with E-state index in [1.165, 1.54) is 17.1 Å². The molecular formula is C18H19N5O4. The lowest BCUT2D eigenvalue weighted by molar-refractivity contribution is -0.118. The van der Waals surface area contributed by atoms with Crippen LogP contribution in [0.15, 0.2) is 59.5 Å². The molecule has 3 rings (SSSR count). The van der Waals surface area contributed by atoms with Crippen molar-refractivity contribution in [1.29, 1.82) is 0 Å². The first-order valence-corrected chi connectivity index (χ1v) is 8.16. The molecule has 0 bridgehead atoms. The summed E-state index contributed by atoms with van der Waals surface area (Å²) in [5.74, 6) is 0.263. The highest BCUT2D eigenvalue weighted by atomic mass is 16.3. The number of rotatable bonds is 7. The van der Waals surface area contributed by atoms with Crippen LogP contribution in [-0.2, 0) is 24.4 Å². The summed E-state index contributed by atoms with van der Waals surface area (Å²) >= 11 is 0. The van der Waals surface area contributed by atoms with Gasteiger partial charge in [0, 0.05) is 12.7 Å². The Hall–Kier alpha value is -3.75. The van der Waals surface area contributed by atoms with Gasteiger partial charge in [0.15, 0.2) is 0 Å². The van der Waals surface area contributed by atoms with Crippen LogP contribution in [0.1, 0.15) is 11.3 Å². The summed E-state index contributed by atoms with van der Waals surface area (Å²) in [6.07, 6.45) is 4.50. The molecule has 2 aromatic heterocycles. The molecule has 2 heterocycles. The van der Waals surface area contributed by atoms with Crippen molar-refractivity contribution in [2.45, 2.75) is 19.6 Å². The van der Waals surface area contributed by atoms with Crippen LogP contribution in [-0.4, -0.2) is 31.7 Å². The molecule has 0 unspecified atom stereocenters. The summed E-state index contributed by atoms with van der Waals surface area (Å²) in [6.45, 7) is 0.497. The van der Waals surface area contributed by atoms with E-state index in [9.17, 15) is 14.7 Å². The molecule has 3 aromatic rings. The Morgan fingerprint density at radius 3 is 2.67 bits per heavy atom. The Bertz CT molecular complexity index is 902. The van der Waals surface area contributed by atoms with Gasteiger partial charge in [-0.25, -0.2) is 4.79 Å². The molecule has 4 N–H and O–H groups in total. The Morgan fingerprint density at radius 2 is 2.00 bits per heavy atom. The van der Waals surface area contributed by atoms with Crippen molar-refractivity contribution in [2.75, 3.05) is 5.32 Å². The van der Waals surface area contributed by atoms with E-state index < -0.39 is 5.91 Å². The van der Waals surface area contributed by atoms with Crippen molar-refractivity contribution in [3.63, 3.8) is 0 Å². The fourth-order valence-corrected chi connectivity index (χ4v) is 2.49. The van der Waals surface area contributed by atoms with Crippen molar-refractivity contribution >= 4 is 17.6 Å². The Balaban J connectivity index is 1.72. The number of amides is 3. The Morgan fingerprint density at radius 1 is 1.22 bits per heavy atom. The van der Waals surface area contributed by atoms with Crippen molar-refractivity contribution in [2.24, 2.45) is 5.73 Å². The molecular weight excluding hydrogens is 350 g/mol. The number of nitrogens with two attached hydrogens (primary N) is 1. The third-order valence-electron chi connectivity index (χ3n) is 3.73. The Labute approximate surface area is 155 Å². The summed E-state index contributed by atoms with van der Waals surface area (Å²) in [6, 6.07) is 9.77. The molecule has 0 aliphatic carbocycles. The maximum atomic E-state index is 12.7. The minimum atomic E-state index is -0.525. The predicted octanol–water partition coefficient (Wildman–Crippen LogP) is 1.90. The lowest BCUT2D eigenvalue weighted by atomic mass is 10.2. The third-order valence-corrected chi connectivity index (χ3v) is 3.73. The predicted molar refractivity (Wildman–Crippen MR) is 96.5 cm³/mol. The van der Waals surface area contributed by atoms with Crippen molar-refractivity contribution in [1.82, 2.24) is 14.7 Å². The molecule has 0 saturated heterocycles. The number of aromatic nitrogens is 2. The lowest BCUT2D eigenvalue weighted by Gasteiger charge is -2.22. The van der Waals surface area contributed by atoms with Gasteiger partial charge < -0.3 is 25.5 Å². The van der Waals surface area contributed by atoms with Gasteiger partial charge in [-0.3, -0.25) is 9.48 Å². The minimum Gasteiger partial charge on any atom is -0.508 e. The SMILES string of the molecule is NC(=O)Cn1cc(NC(=O)N(Cc2ccc(O)cc2)Cc2ccco2)cn1. The highest BCUT2D eigenvalue weighted by molar-refractivity contribution is 5.89. The number of urea groups is 1. The molecule has 0 aliphatic heterocycles. The average Bonchev–Trinajstić information content (AvgIpc) is 3.28. The zero-order chi connectivity index (χ0) is 19.2. The zero-order valence-corrected chi connectivity index (χ0v) is 14.4. The standard InChI is InChI=1S/C18H19N5O4/c19-17(25)12-23-10-14(8-20-23)21-18(26)22(11-16-2-1-7-27-16)9-13-3-5-15(24)6-4-13/h1-8,10,24H,9,11-12H2,(H2,19,25)(H,21,26). The number of nitrogens with zero attached hydrogens (tertiary/aromatic N) is 3. The van der Waals surface area contributed by atoms with Gasteiger partial charge in [-0.2, -0.15) is 5.10 Å². The van der Waals surface area contributed by atoms with Crippen LogP contribution in [0.5, 0.6) is 5.75 Å². The van der Waals surface area contributed by atoms with E-state index in [0.29, 0.717) is 18.0 Å². The van der Waals surface area contributed by atoms with Crippen LogP contribution in [0.4, 0.5) is 10.5 Å². The molecule has 3 amide bonds. The van der Waals surface area contributed by atoms with Crippen LogP contribution in [0.2, 0.25) is 0 Å². The number of hydrogen-bond donors (Lipinski definition) is 3. The first kappa shape index (κ1) is 18.1. The summed E-state index contributed by atoms with van der Waals surface area (Å²) in [5.41, 5.74) is 6.42. The third kappa shape index (κ3) is 5.11. The zero-order valence-electron chi connectivity index (χ0n) is 14.4. The average molecular weight is 369 g/mol. The van der Waals surface area contributed by atoms with Gasteiger partial charge in [0.05, 0.1) is 24.7 Å². The maximum absolute atomic E-state index is 12.7. The van der Waals surface area contributed by atoms with Gasteiger partial charge in [-0.05, 0) is 29.8 Å². The first-order valence-electron chi connectivity index (χ1n) is 8.16. The van der Waals surface area contributed by atoms with Gasteiger partial charge in [-0.1, -0.05) is 12.1 Å². The van der Waals surface area contributed by atoms with Crippen LogP contribution >= 0.6 is 0 Å². The van der Waals surface area contributed by atoms with Crippen molar-refractivity contribution in [3.05, 3.63) is 66.4 Å². The number of furan rings is 1. The highest BCUT2D eigenvalue weighted by Gasteiger charge is 2.17. The maximum Gasteiger partial charge on any atom is 0.322 e. The van der Waals surface area contributed by atoms with E-state index in [1.54, 1.807) is 47.6 Å². The molecule has 0 spiro atoms. The van der Waals surface area contributed by atoms with Crippen LogP contribution in [0.25, 0.3) is 0 Å². The van der Waals surface area contributed by atoms with E-state index in [-0.39, 0.29) is 24.9 Å². The highest BCUT2D eigenvalue weighted by Crippen LogP contribution is 2.16. The van der Waals surface area contributed by atoms with Crippen molar-refractivity contribution < 1.29 is 19.1 Å². The fraction of sp³-hybridized carbons (Fsp3) is 0.167. The number of phenolic OH excluding ortho intramolecular Hbond substituents is 1. The number of benzene rings is 1. The number of nitrogens with one attached hydrogen (secondary N) is 1. The number of aromatic hydroxyl groups is 1. The van der Waals surface area contributed by atoms with E-state index in [2.05, 4.69) is 10.4 Å². The van der Waals surface area contributed by atoms with Crippen LogP contribution in [0, 0.1) is 0 Å². The van der Waals surface area contributed by atoms with Gasteiger partial charge >= 0.3 is 6.03 Å². The number of phenols is 1. The number of anilines is 1. The number of carbonyl (C=O) groups is 2. The monoisotopic (exact) mass is 369 g/mol. The normalized spacial score (nSPS) is 10.5. The van der Waals surface area contributed by atoms with Crippen LogP contribution < -0.4 is 11.1 Å². The fourth-order valence-electron chi connectivity index (χ4n) is 2.49. The summed E-state index contributed by atoms with van der Waals surface area (Å²) < 4.78 is 6.68. The second-order valence-electron chi connectivity index (χ2n) is 5.92. The molecule has 0 atom stereocenters. The van der Waals surface area contributed by atoms with E-state index >= 15 is 0 Å². The van der Waals surface area contributed by atoms with Gasteiger partial charge in [0.1, 0.15) is 18.1 Å².